The van der Waals surface area contributed by atoms with E-state index in [1.54, 1.807) is 7.05 Å². The van der Waals surface area contributed by atoms with Gasteiger partial charge >= 0.3 is 5.97 Å². The lowest BCUT2D eigenvalue weighted by Crippen LogP contribution is -2.34. The monoisotopic (exact) mass is 188 g/mol. The van der Waals surface area contributed by atoms with E-state index >= 15 is 0 Å². The van der Waals surface area contributed by atoms with Crippen LogP contribution in [0, 0.1) is 0 Å². The molecule has 13 heavy (non-hydrogen) atoms. The van der Waals surface area contributed by atoms with Crippen LogP contribution in [0.15, 0.2) is 0 Å². The summed E-state index contributed by atoms with van der Waals surface area (Å²) in [6.07, 6.45) is -0.427. The molecule has 0 saturated heterocycles. The summed E-state index contributed by atoms with van der Waals surface area (Å²) >= 11 is 0. The van der Waals surface area contributed by atoms with Crippen molar-refractivity contribution in [2.75, 3.05) is 34.2 Å². The van der Waals surface area contributed by atoms with Gasteiger partial charge in [0.25, 0.3) is 0 Å². The standard InChI is InChI=1S/C8H16N2O3/c1-9(2)4-5-10(3)7(11)6-8(12)13/h4-6H2,1-3H3,(H,12,13). The van der Waals surface area contributed by atoms with E-state index in [0.29, 0.717) is 6.54 Å². The molecule has 0 saturated carbocycles. The molecule has 1 amide bonds. The molecule has 0 rings (SSSR count). The number of likely N-dealkylation sites (N-methyl/N-ethyl adjacent to an activating group) is 2. The topological polar surface area (TPSA) is 60.9 Å². The number of nitrogens with zero attached hydrogens (tertiary/aromatic N) is 2. The van der Waals surface area contributed by atoms with Crippen LogP contribution >= 0.6 is 0 Å². The van der Waals surface area contributed by atoms with Crippen molar-refractivity contribution in [1.82, 2.24) is 9.80 Å². The third-order valence-corrected chi connectivity index (χ3v) is 1.61. The van der Waals surface area contributed by atoms with Crippen LogP contribution in [-0.4, -0.2) is 61.0 Å². The minimum atomic E-state index is -1.08. The molecule has 0 aliphatic heterocycles. The molecule has 0 spiro atoms. The predicted molar refractivity (Wildman–Crippen MR) is 48.4 cm³/mol. The molecule has 0 aliphatic carbocycles. The maximum Gasteiger partial charge on any atom is 0.312 e. The number of rotatable bonds is 5. The molecule has 0 bridgehead atoms. The Kier molecular flexibility index (Phi) is 5.06. The van der Waals surface area contributed by atoms with Crippen LogP contribution in [0.25, 0.3) is 0 Å². The first-order chi connectivity index (χ1) is 5.93. The molecular formula is C8H16N2O3. The van der Waals surface area contributed by atoms with Crippen molar-refractivity contribution in [3.63, 3.8) is 0 Å². The van der Waals surface area contributed by atoms with Gasteiger partial charge in [-0.05, 0) is 14.1 Å². The van der Waals surface area contributed by atoms with E-state index in [0.717, 1.165) is 6.54 Å². The fraction of sp³-hybridized carbons (Fsp3) is 0.750. The molecule has 0 heterocycles. The lowest BCUT2D eigenvalue weighted by atomic mass is 10.3. The van der Waals surface area contributed by atoms with Gasteiger partial charge in [-0.25, -0.2) is 0 Å². The van der Waals surface area contributed by atoms with Crippen molar-refractivity contribution in [2.45, 2.75) is 6.42 Å². The molecule has 1 N–H and O–H groups in total. The maximum absolute atomic E-state index is 11.1. The summed E-state index contributed by atoms with van der Waals surface area (Å²) in [5, 5.41) is 8.35. The SMILES string of the molecule is CN(C)CCN(C)C(=O)CC(=O)O. The van der Waals surface area contributed by atoms with Crippen LogP contribution in [0.4, 0.5) is 0 Å². The van der Waals surface area contributed by atoms with Gasteiger partial charge in [-0.2, -0.15) is 0 Å². The van der Waals surface area contributed by atoms with Crippen molar-refractivity contribution in [2.24, 2.45) is 0 Å². The predicted octanol–water partition coefficient (Wildman–Crippen LogP) is -0.519. The summed E-state index contributed by atoms with van der Waals surface area (Å²) in [7, 11) is 5.40. The second-order valence-electron chi connectivity index (χ2n) is 3.19. The molecule has 0 aromatic heterocycles. The van der Waals surface area contributed by atoms with E-state index in [1.165, 1.54) is 4.90 Å². The van der Waals surface area contributed by atoms with Crippen LogP contribution < -0.4 is 0 Å². The molecule has 5 heteroatoms. The van der Waals surface area contributed by atoms with E-state index in [1.807, 2.05) is 19.0 Å². The summed E-state index contributed by atoms with van der Waals surface area (Å²) in [6, 6.07) is 0. The normalized spacial score (nSPS) is 10.2. The number of carbonyl (C=O) groups excluding carboxylic acids is 1. The van der Waals surface area contributed by atoms with Crippen molar-refractivity contribution < 1.29 is 14.7 Å². The highest BCUT2D eigenvalue weighted by atomic mass is 16.4. The third-order valence-electron chi connectivity index (χ3n) is 1.61. The molecule has 0 aliphatic rings. The first kappa shape index (κ1) is 11.9. The maximum atomic E-state index is 11.1. The Hall–Kier alpha value is -1.10. The second kappa shape index (κ2) is 5.53. The molecular weight excluding hydrogens is 172 g/mol. The van der Waals surface area contributed by atoms with Crippen LogP contribution in [-0.2, 0) is 9.59 Å². The fourth-order valence-corrected chi connectivity index (χ4v) is 0.739. The minimum Gasteiger partial charge on any atom is -0.481 e. The number of hydrogen-bond acceptors (Lipinski definition) is 3. The van der Waals surface area contributed by atoms with Crippen LogP contribution in [0.5, 0.6) is 0 Å². The van der Waals surface area contributed by atoms with Crippen LogP contribution in [0.2, 0.25) is 0 Å². The first-order valence-corrected chi connectivity index (χ1v) is 4.04. The highest BCUT2D eigenvalue weighted by molar-refractivity contribution is 5.93. The highest BCUT2D eigenvalue weighted by Gasteiger charge is 2.12. The summed E-state index contributed by atoms with van der Waals surface area (Å²) in [5.41, 5.74) is 0. The van der Waals surface area contributed by atoms with Gasteiger partial charge < -0.3 is 14.9 Å². The van der Waals surface area contributed by atoms with Crippen molar-refractivity contribution in [1.29, 1.82) is 0 Å². The zero-order chi connectivity index (χ0) is 10.4. The Labute approximate surface area is 77.9 Å². The minimum absolute atomic E-state index is 0.352. The smallest absolute Gasteiger partial charge is 0.312 e. The summed E-state index contributed by atoms with van der Waals surface area (Å²) in [4.78, 5) is 24.6. The lowest BCUT2D eigenvalue weighted by Gasteiger charge is -2.18. The average molecular weight is 188 g/mol. The van der Waals surface area contributed by atoms with E-state index in [2.05, 4.69) is 0 Å². The number of aliphatic carboxylic acids is 1. The Morgan fingerprint density at radius 2 is 1.69 bits per heavy atom. The van der Waals surface area contributed by atoms with Gasteiger partial charge in [0.15, 0.2) is 0 Å². The fourth-order valence-electron chi connectivity index (χ4n) is 0.739. The first-order valence-electron chi connectivity index (χ1n) is 4.04. The Morgan fingerprint density at radius 1 is 1.15 bits per heavy atom. The van der Waals surface area contributed by atoms with Crippen molar-refractivity contribution in [3.05, 3.63) is 0 Å². The molecule has 0 aromatic carbocycles. The van der Waals surface area contributed by atoms with E-state index < -0.39 is 12.4 Å². The largest absolute Gasteiger partial charge is 0.481 e. The molecule has 5 nitrogen and oxygen atoms in total. The Morgan fingerprint density at radius 3 is 2.08 bits per heavy atom. The number of carboxylic acid groups (broad SMARTS) is 1. The number of amides is 1. The second-order valence-corrected chi connectivity index (χ2v) is 3.19. The van der Waals surface area contributed by atoms with E-state index in [9.17, 15) is 9.59 Å². The summed E-state index contributed by atoms with van der Waals surface area (Å²) in [5.74, 6) is -1.43. The van der Waals surface area contributed by atoms with Crippen LogP contribution in [0.3, 0.4) is 0 Å². The molecule has 0 radical (unpaired) electrons. The van der Waals surface area contributed by atoms with Gasteiger partial charge in [0.05, 0.1) is 0 Å². The van der Waals surface area contributed by atoms with Crippen molar-refractivity contribution in [3.8, 4) is 0 Å². The Bertz CT molecular complexity index is 192. The summed E-state index contributed by atoms with van der Waals surface area (Å²) < 4.78 is 0. The third kappa shape index (κ3) is 6.10. The van der Waals surface area contributed by atoms with Gasteiger partial charge in [-0.15, -0.1) is 0 Å². The molecule has 0 aromatic rings. The molecule has 0 atom stereocenters. The number of carbonyl (C=O) groups is 2. The van der Waals surface area contributed by atoms with Gasteiger partial charge in [0.2, 0.25) is 5.91 Å². The zero-order valence-corrected chi connectivity index (χ0v) is 8.28. The molecule has 76 valence electrons. The molecule has 0 unspecified atom stereocenters. The highest BCUT2D eigenvalue weighted by Crippen LogP contribution is 1.91. The van der Waals surface area contributed by atoms with Crippen LogP contribution in [0.1, 0.15) is 6.42 Å². The van der Waals surface area contributed by atoms with Crippen molar-refractivity contribution >= 4 is 11.9 Å². The Balaban J connectivity index is 3.76. The lowest BCUT2D eigenvalue weighted by molar-refractivity contribution is -0.143. The number of carboxylic acids is 1. The van der Waals surface area contributed by atoms with Gasteiger partial charge in [-0.1, -0.05) is 0 Å². The van der Waals surface area contributed by atoms with Gasteiger partial charge in [0, 0.05) is 20.1 Å². The zero-order valence-electron chi connectivity index (χ0n) is 8.28. The summed E-state index contributed by atoms with van der Waals surface area (Å²) in [6.45, 7) is 1.29. The van der Waals surface area contributed by atoms with Gasteiger partial charge in [-0.3, -0.25) is 9.59 Å². The average Bonchev–Trinajstić information content (AvgIpc) is 1.98. The quantitative estimate of drug-likeness (QED) is 0.590. The van der Waals surface area contributed by atoms with E-state index in [-0.39, 0.29) is 5.91 Å². The number of hydrogen-bond donors (Lipinski definition) is 1. The molecule has 0 fully saturated rings. The van der Waals surface area contributed by atoms with Gasteiger partial charge in [0.1, 0.15) is 6.42 Å². The van der Waals surface area contributed by atoms with E-state index in [4.69, 9.17) is 5.11 Å².